The molecule has 0 aliphatic carbocycles. The number of rotatable bonds is 15. The van der Waals surface area contributed by atoms with Crippen LogP contribution in [-0.4, -0.2) is 48.1 Å². The summed E-state index contributed by atoms with van der Waals surface area (Å²) in [6.07, 6.45) is 4.95. The Labute approximate surface area is 267 Å². The van der Waals surface area contributed by atoms with Crippen molar-refractivity contribution >= 4 is 17.9 Å². The van der Waals surface area contributed by atoms with E-state index in [0.717, 1.165) is 55.3 Å². The Bertz CT molecular complexity index is 1350. The normalized spacial score (nSPS) is 17.1. The molecule has 0 saturated carbocycles. The van der Waals surface area contributed by atoms with Crippen molar-refractivity contribution in [1.29, 1.82) is 0 Å². The summed E-state index contributed by atoms with van der Waals surface area (Å²) in [6.45, 7) is 7.93. The molecule has 1 fully saturated rings. The topological polar surface area (TPSA) is 99.8 Å². The Morgan fingerprint density at radius 3 is 2.22 bits per heavy atom. The number of amides is 3. The molecule has 0 radical (unpaired) electrons. The summed E-state index contributed by atoms with van der Waals surface area (Å²) in [7, 11) is 0. The number of carbonyl (C=O) groups excluding carboxylic acids is 3. The first kappa shape index (κ1) is 33.7. The van der Waals surface area contributed by atoms with Crippen molar-refractivity contribution in [3.63, 3.8) is 0 Å². The molecule has 8 heteroatoms. The molecule has 0 spiro atoms. The van der Waals surface area contributed by atoms with E-state index in [1.54, 1.807) is 0 Å². The fourth-order valence-corrected chi connectivity index (χ4v) is 5.82. The second-order valence-electron chi connectivity index (χ2n) is 12.6. The summed E-state index contributed by atoms with van der Waals surface area (Å²) in [4.78, 5) is 38.6. The third kappa shape index (κ3) is 11.0. The third-order valence-corrected chi connectivity index (χ3v) is 8.16. The van der Waals surface area contributed by atoms with Gasteiger partial charge < -0.3 is 15.4 Å². The van der Waals surface area contributed by atoms with Gasteiger partial charge in [-0.15, -0.1) is 0 Å². The zero-order valence-corrected chi connectivity index (χ0v) is 26.8. The summed E-state index contributed by atoms with van der Waals surface area (Å²) < 4.78 is 5.27. The molecule has 1 unspecified atom stereocenters. The number of unbranched alkanes of at least 4 members (excludes halogenated alkanes) is 2. The lowest BCUT2D eigenvalue weighted by Crippen LogP contribution is -2.54. The minimum absolute atomic E-state index is 0.171. The molecule has 8 nitrogen and oxygen atoms in total. The van der Waals surface area contributed by atoms with Crippen molar-refractivity contribution in [3.05, 3.63) is 96.1 Å². The second-order valence-corrected chi connectivity index (χ2v) is 12.6. The highest BCUT2D eigenvalue weighted by molar-refractivity contribution is 5.97. The van der Waals surface area contributed by atoms with Gasteiger partial charge in [-0.05, 0) is 66.3 Å². The van der Waals surface area contributed by atoms with Crippen LogP contribution < -0.4 is 16.1 Å². The van der Waals surface area contributed by atoms with Gasteiger partial charge in [-0.2, -0.15) is 0 Å². The number of alkyl carbamates (subject to hydrolysis) is 1. The number of carbonyl (C=O) groups is 3. The quantitative estimate of drug-likeness (QED) is 0.165. The zero-order valence-electron chi connectivity index (χ0n) is 26.8. The second kappa shape index (κ2) is 17.4. The van der Waals surface area contributed by atoms with Gasteiger partial charge in [0.2, 0.25) is 0 Å². The molecule has 1 saturated heterocycles. The van der Waals surface area contributed by atoms with Crippen LogP contribution in [0.1, 0.15) is 75.2 Å². The summed E-state index contributed by atoms with van der Waals surface area (Å²) in [5, 5.41) is 7.89. The maximum atomic E-state index is 13.5. The van der Waals surface area contributed by atoms with E-state index < -0.39 is 12.1 Å². The van der Waals surface area contributed by atoms with E-state index in [2.05, 4.69) is 41.8 Å². The number of nitrogens with one attached hydrogen (secondary N) is 3. The molecule has 3 N–H and O–H groups in total. The summed E-state index contributed by atoms with van der Waals surface area (Å²) in [6, 6.07) is 26.8. The maximum absolute atomic E-state index is 13.5. The van der Waals surface area contributed by atoms with Crippen LogP contribution in [0.2, 0.25) is 0 Å². The van der Waals surface area contributed by atoms with E-state index in [4.69, 9.17) is 4.74 Å². The lowest BCUT2D eigenvalue weighted by Gasteiger charge is -2.28. The Morgan fingerprint density at radius 2 is 1.53 bits per heavy atom. The molecular weight excluding hydrogens is 564 g/mol. The first-order chi connectivity index (χ1) is 21.8. The van der Waals surface area contributed by atoms with E-state index in [0.29, 0.717) is 24.4 Å². The molecule has 3 aromatic rings. The van der Waals surface area contributed by atoms with Crippen molar-refractivity contribution < 1.29 is 19.1 Å². The molecule has 3 atom stereocenters. The lowest BCUT2D eigenvalue weighted by atomic mass is 10.0. The van der Waals surface area contributed by atoms with E-state index in [-0.39, 0.29) is 30.4 Å². The standard InChI is InChI=1S/C37H48N4O4/c1-27(2)23-34(39-35(42)32-20-18-31(19-21-32)30-15-9-5-10-16-30)36(43)40-41-25-28(3)24-33(41)17-11-6-12-22-38-37(44)45-26-29-13-7-4-8-14-29/h4-5,7-10,13-16,18-21,27-28,33-34H,6,11-12,17,22-26H2,1-3H3,(H,38,44)(H,39,42)(H,40,43)/t28?,33-,34-/m0/s1. The molecule has 1 heterocycles. The van der Waals surface area contributed by atoms with E-state index in [1.807, 2.05) is 84.9 Å². The highest BCUT2D eigenvalue weighted by atomic mass is 16.5. The summed E-state index contributed by atoms with van der Waals surface area (Å²) in [5.74, 6) is 0.284. The van der Waals surface area contributed by atoms with Crippen molar-refractivity contribution in [2.24, 2.45) is 11.8 Å². The van der Waals surface area contributed by atoms with Gasteiger partial charge in [0.15, 0.2) is 0 Å². The molecule has 0 aromatic heterocycles. The Hall–Kier alpha value is -4.17. The first-order valence-corrected chi connectivity index (χ1v) is 16.3. The monoisotopic (exact) mass is 612 g/mol. The van der Waals surface area contributed by atoms with Crippen LogP contribution in [-0.2, 0) is 16.1 Å². The number of hydrogen-bond donors (Lipinski definition) is 3. The van der Waals surface area contributed by atoms with Crippen molar-refractivity contribution in [2.75, 3.05) is 13.1 Å². The van der Waals surface area contributed by atoms with Gasteiger partial charge in [0.25, 0.3) is 11.8 Å². The average Bonchev–Trinajstić information content (AvgIpc) is 3.40. The molecule has 45 heavy (non-hydrogen) atoms. The van der Waals surface area contributed by atoms with Crippen LogP contribution in [0.25, 0.3) is 11.1 Å². The molecule has 3 amide bonds. The molecule has 4 rings (SSSR count). The smallest absolute Gasteiger partial charge is 0.407 e. The average molecular weight is 613 g/mol. The predicted octanol–water partition coefficient (Wildman–Crippen LogP) is 6.73. The Balaban J connectivity index is 1.21. The summed E-state index contributed by atoms with van der Waals surface area (Å²) >= 11 is 0. The van der Waals surface area contributed by atoms with E-state index in [1.165, 1.54) is 0 Å². The van der Waals surface area contributed by atoms with Gasteiger partial charge in [0.05, 0.1) is 0 Å². The van der Waals surface area contributed by atoms with E-state index in [9.17, 15) is 14.4 Å². The van der Waals surface area contributed by atoms with Crippen LogP contribution in [0.15, 0.2) is 84.9 Å². The van der Waals surface area contributed by atoms with Crippen molar-refractivity contribution in [2.45, 2.75) is 78.0 Å². The number of hydrogen-bond acceptors (Lipinski definition) is 5. The zero-order chi connectivity index (χ0) is 32.0. The number of hydrazine groups is 1. The van der Waals surface area contributed by atoms with Crippen LogP contribution in [0.5, 0.6) is 0 Å². The van der Waals surface area contributed by atoms with Gasteiger partial charge in [-0.25, -0.2) is 9.80 Å². The fourth-order valence-electron chi connectivity index (χ4n) is 5.82. The molecule has 240 valence electrons. The van der Waals surface area contributed by atoms with Gasteiger partial charge >= 0.3 is 6.09 Å². The molecular formula is C37H48N4O4. The number of ether oxygens (including phenoxy) is 1. The Morgan fingerprint density at radius 1 is 0.867 bits per heavy atom. The first-order valence-electron chi connectivity index (χ1n) is 16.3. The van der Waals surface area contributed by atoms with Gasteiger partial charge in [0, 0.05) is 24.7 Å². The van der Waals surface area contributed by atoms with Crippen LogP contribution in [0, 0.1) is 11.8 Å². The lowest BCUT2D eigenvalue weighted by molar-refractivity contribution is -0.128. The van der Waals surface area contributed by atoms with E-state index >= 15 is 0 Å². The summed E-state index contributed by atoms with van der Waals surface area (Å²) in [5.41, 5.74) is 6.77. The Kier molecular flexibility index (Phi) is 13.0. The van der Waals surface area contributed by atoms with Crippen molar-refractivity contribution in [1.82, 2.24) is 21.1 Å². The largest absolute Gasteiger partial charge is 0.445 e. The van der Waals surface area contributed by atoms with Crippen molar-refractivity contribution in [3.8, 4) is 11.1 Å². The van der Waals surface area contributed by atoms with Gasteiger partial charge in [-0.1, -0.05) is 106 Å². The fraction of sp³-hybridized carbons (Fsp3) is 0.432. The molecule has 1 aliphatic rings. The molecule has 1 aliphatic heterocycles. The minimum Gasteiger partial charge on any atom is -0.445 e. The minimum atomic E-state index is -0.629. The van der Waals surface area contributed by atoms with Crippen LogP contribution in [0.4, 0.5) is 4.79 Å². The van der Waals surface area contributed by atoms with Crippen LogP contribution >= 0.6 is 0 Å². The third-order valence-electron chi connectivity index (χ3n) is 8.16. The number of nitrogens with zero attached hydrogens (tertiary/aromatic N) is 1. The highest BCUT2D eigenvalue weighted by Crippen LogP contribution is 2.25. The van der Waals surface area contributed by atoms with Crippen LogP contribution in [0.3, 0.4) is 0 Å². The maximum Gasteiger partial charge on any atom is 0.407 e. The molecule has 3 aromatic carbocycles. The van der Waals surface area contributed by atoms with Gasteiger partial charge in [0.1, 0.15) is 12.6 Å². The SMILES string of the molecule is CC(C)C[C@H](NC(=O)c1ccc(-c2ccccc2)cc1)C(=O)NN1CC(C)C[C@@H]1CCCCCNC(=O)OCc1ccccc1. The predicted molar refractivity (Wildman–Crippen MR) is 178 cm³/mol. The van der Waals surface area contributed by atoms with Gasteiger partial charge in [-0.3, -0.25) is 15.0 Å². The molecule has 0 bridgehead atoms. The number of benzene rings is 3. The highest BCUT2D eigenvalue weighted by Gasteiger charge is 2.32.